The van der Waals surface area contributed by atoms with Crippen molar-refractivity contribution < 1.29 is 4.74 Å². The first-order valence-electron chi connectivity index (χ1n) is 6.13. The lowest BCUT2D eigenvalue weighted by molar-refractivity contribution is 0.306. The Kier molecular flexibility index (Phi) is 2.63. The van der Waals surface area contributed by atoms with E-state index < -0.39 is 0 Å². The van der Waals surface area contributed by atoms with Crippen LogP contribution in [0.1, 0.15) is 30.8 Å². The fourth-order valence-corrected chi connectivity index (χ4v) is 2.29. The highest BCUT2D eigenvalue weighted by atomic mass is 16.5. The number of benzene rings is 1. The van der Waals surface area contributed by atoms with Gasteiger partial charge in [0, 0.05) is 12.1 Å². The summed E-state index contributed by atoms with van der Waals surface area (Å²) in [5.41, 5.74) is 3.59. The van der Waals surface area contributed by atoms with Crippen LogP contribution >= 0.6 is 0 Å². The third-order valence-corrected chi connectivity index (χ3v) is 3.09. The van der Waals surface area contributed by atoms with E-state index in [1.165, 1.54) is 11.1 Å². The second-order valence-electron chi connectivity index (χ2n) is 4.33. The van der Waals surface area contributed by atoms with Crippen molar-refractivity contribution in [2.75, 3.05) is 6.61 Å². The van der Waals surface area contributed by atoms with E-state index >= 15 is 0 Å². The molecule has 1 aromatic carbocycles. The number of allylic oxidation sites excluding steroid dienone is 1. The number of aromatic nitrogens is 3. The zero-order chi connectivity index (χ0) is 12.5. The van der Waals surface area contributed by atoms with Gasteiger partial charge in [0.2, 0.25) is 0 Å². The maximum atomic E-state index is 5.52. The molecular weight excluding hydrogens is 226 g/mol. The average molecular weight is 241 g/mol. The molecular formula is C14H15N3O. The molecule has 1 aromatic heterocycles. The molecule has 0 fully saturated rings. The molecule has 0 bridgehead atoms. The smallest absolute Gasteiger partial charge is 0.321 e. The molecule has 4 nitrogen and oxygen atoms in total. The maximum Gasteiger partial charge on any atom is 0.321 e. The molecule has 0 N–H and O–H groups in total. The molecule has 1 aliphatic heterocycles. The molecule has 1 aliphatic rings. The van der Waals surface area contributed by atoms with E-state index in [0.717, 1.165) is 17.9 Å². The van der Waals surface area contributed by atoms with E-state index in [1.807, 2.05) is 11.5 Å². The van der Waals surface area contributed by atoms with Crippen molar-refractivity contribution in [3.05, 3.63) is 41.2 Å². The fraction of sp³-hybridized carbons (Fsp3) is 0.286. The highest BCUT2D eigenvalue weighted by molar-refractivity contribution is 5.73. The van der Waals surface area contributed by atoms with E-state index in [9.17, 15) is 0 Å². The highest BCUT2D eigenvalue weighted by Gasteiger charge is 2.18. The number of ether oxygens (including phenoxy) is 1. The fourth-order valence-electron chi connectivity index (χ4n) is 2.29. The largest absolute Gasteiger partial charge is 0.464 e. The number of fused-ring (bicyclic) bond motifs is 2. The Labute approximate surface area is 106 Å². The summed E-state index contributed by atoms with van der Waals surface area (Å²) in [5.74, 6) is 0.928. The van der Waals surface area contributed by atoms with E-state index in [1.54, 1.807) is 0 Å². The molecule has 0 spiro atoms. The van der Waals surface area contributed by atoms with Crippen LogP contribution in [0.5, 0.6) is 6.01 Å². The van der Waals surface area contributed by atoms with Crippen LogP contribution in [-0.4, -0.2) is 21.4 Å². The van der Waals surface area contributed by atoms with Gasteiger partial charge in [0.15, 0.2) is 0 Å². The molecule has 0 amide bonds. The molecule has 3 rings (SSSR count). The number of hydrogen-bond acceptors (Lipinski definition) is 3. The van der Waals surface area contributed by atoms with Crippen molar-refractivity contribution in [2.45, 2.75) is 20.3 Å². The van der Waals surface area contributed by atoms with Crippen molar-refractivity contribution in [1.82, 2.24) is 14.8 Å². The standard InChI is InChI=1S/C14H15N3O/c1-3-18-14-16-15-13-9-12-7-5-4-6-11(12)8-10(2)17(13)14/h4-8H,3,9H2,1-2H3. The van der Waals surface area contributed by atoms with E-state index in [-0.39, 0.29) is 0 Å². The minimum absolute atomic E-state index is 0.578. The van der Waals surface area contributed by atoms with Crippen LogP contribution in [0.2, 0.25) is 0 Å². The lowest BCUT2D eigenvalue weighted by Gasteiger charge is -2.07. The summed E-state index contributed by atoms with van der Waals surface area (Å²) in [6, 6.07) is 8.94. The second kappa shape index (κ2) is 4.29. The number of nitrogens with zero attached hydrogens (tertiary/aromatic N) is 3. The van der Waals surface area contributed by atoms with Crippen LogP contribution in [0.4, 0.5) is 0 Å². The van der Waals surface area contributed by atoms with Gasteiger partial charge in [-0.1, -0.05) is 29.4 Å². The molecule has 4 heteroatoms. The molecule has 2 aromatic rings. The van der Waals surface area contributed by atoms with E-state index in [4.69, 9.17) is 4.74 Å². The van der Waals surface area contributed by atoms with Gasteiger partial charge in [0.25, 0.3) is 0 Å². The van der Waals surface area contributed by atoms with Crippen molar-refractivity contribution >= 4 is 11.8 Å². The minimum Gasteiger partial charge on any atom is -0.464 e. The van der Waals surface area contributed by atoms with Crippen LogP contribution < -0.4 is 4.74 Å². The zero-order valence-corrected chi connectivity index (χ0v) is 10.6. The normalized spacial score (nSPS) is 13.3. The lowest BCUT2D eigenvalue weighted by Crippen LogP contribution is -2.04. The van der Waals surface area contributed by atoms with Crippen LogP contribution in [0.15, 0.2) is 24.3 Å². The van der Waals surface area contributed by atoms with Crippen molar-refractivity contribution in [3.8, 4) is 6.01 Å². The average Bonchev–Trinajstić information content (AvgIpc) is 2.68. The summed E-state index contributed by atoms with van der Waals surface area (Å²) in [5, 5.41) is 8.33. The summed E-state index contributed by atoms with van der Waals surface area (Å²) in [6.45, 7) is 4.60. The Bertz CT molecular complexity index is 613. The molecule has 0 saturated carbocycles. The van der Waals surface area contributed by atoms with Crippen LogP contribution in [0.3, 0.4) is 0 Å². The SMILES string of the molecule is CCOc1nnc2n1C(C)=Cc1ccccc1C2. The van der Waals surface area contributed by atoms with Gasteiger partial charge in [0.1, 0.15) is 5.82 Å². The zero-order valence-electron chi connectivity index (χ0n) is 10.6. The van der Waals surface area contributed by atoms with Gasteiger partial charge >= 0.3 is 6.01 Å². The van der Waals surface area contributed by atoms with Crippen LogP contribution in [0, 0.1) is 0 Å². The molecule has 18 heavy (non-hydrogen) atoms. The van der Waals surface area contributed by atoms with Gasteiger partial charge in [0.05, 0.1) is 6.61 Å². The molecule has 92 valence electrons. The Balaban J connectivity index is 2.15. The molecule has 0 unspecified atom stereocenters. The van der Waals surface area contributed by atoms with E-state index in [0.29, 0.717) is 12.6 Å². The van der Waals surface area contributed by atoms with Gasteiger partial charge in [-0.15, -0.1) is 5.10 Å². The van der Waals surface area contributed by atoms with Crippen LogP contribution in [0.25, 0.3) is 11.8 Å². The highest BCUT2D eigenvalue weighted by Crippen LogP contribution is 2.27. The molecule has 0 radical (unpaired) electrons. The quantitative estimate of drug-likeness (QED) is 0.811. The third-order valence-electron chi connectivity index (χ3n) is 3.09. The van der Waals surface area contributed by atoms with Gasteiger partial charge in [-0.25, -0.2) is 0 Å². The van der Waals surface area contributed by atoms with Gasteiger partial charge in [-0.05, 0) is 31.1 Å². The Hall–Kier alpha value is -2.10. The van der Waals surface area contributed by atoms with Gasteiger partial charge in [-0.2, -0.15) is 0 Å². The predicted molar refractivity (Wildman–Crippen MR) is 70.3 cm³/mol. The predicted octanol–water partition coefficient (Wildman–Crippen LogP) is 2.60. The first-order chi connectivity index (χ1) is 8.79. The van der Waals surface area contributed by atoms with Gasteiger partial charge < -0.3 is 4.74 Å². The van der Waals surface area contributed by atoms with E-state index in [2.05, 4.69) is 47.5 Å². The van der Waals surface area contributed by atoms with Crippen molar-refractivity contribution in [1.29, 1.82) is 0 Å². The first kappa shape index (κ1) is 11.0. The van der Waals surface area contributed by atoms with Crippen molar-refractivity contribution in [2.24, 2.45) is 0 Å². The molecule has 0 atom stereocenters. The number of hydrogen-bond donors (Lipinski definition) is 0. The summed E-state index contributed by atoms with van der Waals surface area (Å²) in [7, 11) is 0. The number of rotatable bonds is 2. The van der Waals surface area contributed by atoms with Crippen LogP contribution in [-0.2, 0) is 6.42 Å². The topological polar surface area (TPSA) is 39.9 Å². The van der Waals surface area contributed by atoms with Crippen molar-refractivity contribution in [3.63, 3.8) is 0 Å². The molecule has 0 aliphatic carbocycles. The monoisotopic (exact) mass is 241 g/mol. The summed E-state index contributed by atoms with van der Waals surface area (Å²) in [4.78, 5) is 0. The molecule has 2 heterocycles. The minimum atomic E-state index is 0.578. The maximum absolute atomic E-state index is 5.52. The summed E-state index contributed by atoms with van der Waals surface area (Å²) >= 11 is 0. The molecule has 0 saturated heterocycles. The van der Waals surface area contributed by atoms with Gasteiger partial charge in [-0.3, -0.25) is 4.57 Å². The Morgan fingerprint density at radius 3 is 2.94 bits per heavy atom. The second-order valence-corrected chi connectivity index (χ2v) is 4.33. The first-order valence-corrected chi connectivity index (χ1v) is 6.13. The third kappa shape index (κ3) is 1.70. The Morgan fingerprint density at radius 2 is 2.11 bits per heavy atom. The lowest BCUT2D eigenvalue weighted by atomic mass is 10.0. The Morgan fingerprint density at radius 1 is 1.28 bits per heavy atom. The summed E-state index contributed by atoms with van der Waals surface area (Å²) < 4.78 is 7.51. The summed E-state index contributed by atoms with van der Waals surface area (Å²) in [6.07, 6.45) is 2.93.